The highest BCUT2D eigenvalue weighted by atomic mass is 127. The van der Waals surface area contributed by atoms with Crippen molar-refractivity contribution in [3.05, 3.63) is 0 Å². The van der Waals surface area contributed by atoms with Gasteiger partial charge in [0.25, 0.3) is 0 Å². The summed E-state index contributed by atoms with van der Waals surface area (Å²) in [4.78, 5) is 16.2. The van der Waals surface area contributed by atoms with Gasteiger partial charge in [0.1, 0.15) is 0 Å². The molecule has 0 radical (unpaired) electrons. The van der Waals surface area contributed by atoms with Crippen molar-refractivity contribution in [1.29, 1.82) is 0 Å². The molecule has 5 nitrogen and oxygen atoms in total. The molecule has 0 aliphatic carbocycles. The molecule has 0 aromatic carbocycles. The number of nitrogens with zero attached hydrogens (tertiary/aromatic N) is 1. The standard InChI is InChI=1S/C17H36N4O.HI/c1-6-9-10-11-15(5)21-17(18-8-3)19-13-12-16(22)20-14(4)7-2;/h14-15H,6-13H2,1-5H3,(H,20,22)(H2,18,19,21);1H. The van der Waals surface area contributed by atoms with Crippen LogP contribution in [0.1, 0.15) is 73.1 Å². The lowest BCUT2D eigenvalue weighted by atomic mass is 10.1. The third-order valence-electron chi connectivity index (χ3n) is 3.60. The number of aliphatic imine (C=N–C) groups is 1. The number of amides is 1. The summed E-state index contributed by atoms with van der Waals surface area (Å²) in [5.74, 6) is 0.882. The number of hydrogen-bond donors (Lipinski definition) is 3. The Bertz CT molecular complexity index is 324. The molecule has 3 N–H and O–H groups in total. The zero-order valence-electron chi connectivity index (χ0n) is 15.6. The summed E-state index contributed by atoms with van der Waals surface area (Å²) in [5.41, 5.74) is 0. The first-order valence-corrected chi connectivity index (χ1v) is 8.87. The number of nitrogens with one attached hydrogen (secondary N) is 3. The van der Waals surface area contributed by atoms with Gasteiger partial charge in [-0.25, -0.2) is 0 Å². The van der Waals surface area contributed by atoms with Crippen LogP contribution < -0.4 is 16.0 Å². The maximum absolute atomic E-state index is 11.7. The third-order valence-corrected chi connectivity index (χ3v) is 3.60. The highest BCUT2D eigenvalue weighted by molar-refractivity contribution is 14.0. The average molecular weight is 440 g/mol. The summed E-state index contributed by atoms with van der Waals surface area (Å²) in [5, 5.41) is 9.61. The molecule has 0 aromatic rings. The summed E-state index contributed by atoms with van der Waals surface area (Å²) in [7, 11) is 0. The number of rotatable bonds is 11. The van der Waals surface area contributed by atoms with E-state index in [-0.39, 0.29) is 35.9 Å². The molecule has 0 aliphatic heterocycles. The molecule has 23 heavy (non-hydrogen) atoms. The number of halogens is 1. The van der Waals surface area contributed by atoms with Gasteiger partial charge in [0.15, 0.2) is 5.96 Å². The minimum Gasteiger partial charge on any atom is -0.357 e. The van der Waals surface area contributed by atoms with Gasteiger partial charge in [-0.05, 0) is 33.6 Å². The van der Waals surface area contributed by atoms with E-state index in [0.717, 1.165) is 25.3 Å². The van der Waals surface area contributed by atoms with E-state index < -0.39 is 0 Å². The molecule has 2 unspecified atom stereocenters. The highest BCUT2D eigenvalue weighted by Crippen LogP contribution is 2.02. The van der Waals surface area contributed by atoms with Crippen LogP contribution in [-0.2, 0) is 4.79 Å². The molecule has 0 fully saturated rings. The Kier molecular flexibility index (Phi) is 17.6. The van der Waals surface area contributed by atoms with Crippen LogP contribution in [0.2, 0.25) is 0 Å². The van der Waals surface area contributed by atoms with E-state index in [9.17, 15) is 4.79 Å². The summed E-state index contributed by atoms with van der Waals surface area (Å²) in [6.45, 7) is 11.9. The normalized spacial score (nSPS) is 13.7. The van der Waals surface area contributed by atoms with Gasteiger partial charge in [-0.15, -0.1) is 24.0 Å². The highest BCUT2D eigenvalue weighted by Gasteiger charge is 2.07. The lowest BCUT2D eigenvalue weighted by Crippen LogP contribution is -2.42. The Labute approximate surface area is 159 Å². The van der Waals surface area contributed by atoms with E-state index in [2.05, 4.69) is 48.6 Å². The number of carbonyl (C=O) groups is 1. The molecular formula is C17H37IN4O. The fourth-order valence-corrected chi connectivity index (χ4v) is 2.04. The second-order valence-electron chi connectivity index (χ2n) is 5.93. The molecule has 0 saturated heterocycles. The Morgan fingerprint density at radius 3 is 2.30 bits per heavy atom. The zero-order chi connectivity index (χ0) is 16.8. The van der Waals surface area contributed by atoms with Crippen LogP contribution in [0, 0.1) is 0 Å². The van der Waals surface area contributed by atoms with E-state index in [1.807, 2.05) is 6.92 Å². The van der Waals surface area contributed by atoms with E-state index >= 15 is 0 Å². The van der Waals surface area contributed by atoms with Gasteiger partial charge >= 0.3 is 0 Å². The summed E-state index contributed by atoms with van der Waals surface area (Å²) >= 11 is 0. The quantitative estimate of drug-likeness (QED) is 0.200. The maximum Gasteiger partial charge on any atom is 0.222 e. The van der Waals surface area contributed by atoms with Gasteiger partial charge in [0.05, 0.1) is 6.54 Å². The van der Waals surface area contributed by atoms with E-state index in [4.69, 9.17) is 0 Å². The van der Waals surface area contributed by atoms with Gasteiger partial charge in [-0.1, -0.05) is 33.1 Å². The van der Waals surface area contributed by atoms with Crippen LogP contribution in [0.3, 0.4) is 0 Å². The van der Waals surface area contributed by atoms with Crippen LogP contribution in [0.5, 0.6) is 0 Å². The van der Waals surface area contributed by atoms with Crippen molar-refractivity contribution in [3.63, 3.8) is 0 Å². The Balaban J connectivity index is 0. The second-order valence-corrected chi connectivity index (χ2v) is 5.93. The van der Waals surface area contributed by atoms with Gasteiger partial charge in [0, 0.05) is 25.0 Å². The van der Waals surface area contributed by atoms with E-state index in [1.54, 1.807) is 0 Å². The van der Waals surface area contributed by atoms with Crippen molar-refractivity contribution in [1.82, 2.24) is 16.0 Å². The van der Waals surface area contributed by atoms with Gasteiger partial charge in [-0.2, -0.15) is 0 Å². The lowest BCUT2D eigenvalue weighted by Gasteiger charge is -2.17. The SMILES string of the molecule is CCCCCC(C)NC(=NCCC(=O)NC(C)CC)NCC.I. The second kappa shape index (κ2) is 16.3. The van der Waals surface area contributed by atoms with Crippen molar-refractivity contribution >= 4 is 35.8 Å². The molecule has 0 aliphatic rings. The van der Waals surface area contributed by atoms with Crippen LogP contribution in [0.4, 0.5) is 0 Å². The van der Waals surface area contributed by atoms with Crippen LogP contribution in [0.25, 0.3) is 0 Å². The van der Waals surface area contributed by atoms with Crippen LogP contribution >= 0.6 is 24.0 Å². The molecule has 2 atom stereocenters. The molecule has 0 aromatic heterocycles. The fraction of sp³-hybridized carbons (Fsp3) is 0.882. The summed E-state index contributed by atoms with van der Waals surface area (Å²) < 4.78 is 0. The summed E-state index contributed by atoms with van der Waals surface area (Å²) in [6.07, 6.45) is 6.29. The van der Waals surface area contributed by atoms with Crippen molar-refractivity contribution in [2.75, 3.05) is 13.1 Å². The van der Waals surface area contributed by atoms with Gasteiger partial charge in [-0.3, -0.25) is 9.79 Å². The first-order chi connectivity index (χ1) is 10.5. The van der Waals surface area contributed by atoms with Crippen LogP contribution in [0.15, 0.2) is 4.99 Å². The van der Waals surface area contributed by atoms with Gasteiger partial charge < -0.3 is 16.0 Å². The van der Waals surface area contributed by atoms with Crippen LogP contribution in [-0.4, -0.2) is 37.0 Å². The van der Waals surface area contributed by atoms with E-state index in [1.165, 1.54) is 19.3 Å². The molecule has 0 bridgehead atoms. The fourth-order valence-electron chi connectivity index (χ4n) is 2.04. The number of unbranched alkanes of at least 4 members (excludes halogenated alkanes) is 2. The third kappa shape index (κ3) is 14.8. The smallest absolute Gasteiger partial charge is 0.222 e. The predicted molar refractivity (Wildman–Crippen MR) is 111 cm³/mol. The van der Waals surface area contributed by atoms with Crippen molar-refractivity contribution in [2.45, 2.75) is 85.2 Å². The molecule has 0 saturated carbocycles. The Morgan fingerprint density at radius 1 is 1.04 bits per heavy atom. The molecule has 6 heteroatoms. The zero-order valence-corrected chi connectivity index (χ0v) is 17.9. The first kappa shape index (κ1) is 24.7. The maximum atomic E-state index is 11.7. The molecule has 0 heterocycles. The molecule has 1 amide bonds. The largest absolute Gasteiger partial charge is 0.357 e. The van der Waals surface area contributed by atoms with Crippen molar-refractivity contribution in [3.8, 4) is 0 Å². The first-order valence-electron chi connectivity index (χ1n) is 8.87. The Morgan fingerprint density at radius 2 is 1.74 bits per heavy atom. The monoisotopic (exact) mass is 440 g/mol. The molecule has 0 spiro atoms. The Hall–Kier alpha value is -0.530. The minimum atomic E-state index is 0. The van der Waals surface area contributed by atoms with Gasteiger partial charge in [0.2, 0.25) is 5.91 Å². The van der Waals surface area contributed by atoms with Crippen molar-refractivity contribution in [2.24, 2.45) is 4.99 Å². The number of guanidine groups is 1. The van der Waals surface area contributed by atoms with Crippen molar-refractivity contribution < 1.29 is 4.79 Å². The topological polar surface area (TPSA) is 65.5 Å². The minimum absolute atomic E-state index is 0. The molecule has 138 valence electrons. The number of carbonyl (C=O) groups excluding carboxylic acids is 1. The predicted octanol–water partition coefficient (Wildman–Crippen LogP) is 3.43. The van der Waals surface area contributed by atoms with E-state index in [0.29, 0.717) is 19.0 Å². The number of hydrogen-bond acceptors (Lipinski definition) is 2. The summed E-state index contributed by atoms with van der Waals surface area (Å²) in [6, 6.07) is 0.639. The average Bonchev–Trinajstić information content (AvgIpc) is 2.47. The lowest BCUT2D eigenvalue weighted by molar-refractivity contribution is -0.121. The molecule has 0 rings (SSSR count). The molecular weight excluding hydrogens is 403 g/mol.